The molecule has 1 atom stereocenters. The number of aromatic nitrogens is 2. The molecule has 0 unspecified atom stereocenters. The van der Waals surface area contributed by atoms with Gasteiger partial charge in [-0.3, -0.25) is 14.3 Å². The molecule has 0 fully saturated rings. The van der Waals surface area contributed by atoms with Crippen molar-refractivity contribution in [3.8, 4) is 11.6 Å². The summed E-state index contributed by atoms with van der Waals surface area (Å²) in [6.07, 6.45) is 1.82. The standard InChI is InChI=1S/C17H18N4O4/c1-3-8-21-16(23)14(15(22)18-17(21)24)12-9-11(19-20-12)10-6-4-5-7-13(10)25-2/h3-7,11,19,23H,1,8-9H2,2H3,(H,18,22,24)/t11-/m0/s1. The zero-order valence-corrected chi connectivity index (χ0v) is 13.7. The van der Waals surface area contributed by atoms with Gasteiger partial charge in [0.05, 0.1) is 18.9 Å². The summed E-state index contributed by atoms with van der Waals surface area (Å²) in [5, 5.41) is 14.5. The lowest BCUT2D eigenvalue weighted by Gasteiger charge is -2.14. The van der Waals surface area contributed by atoms with Crippen LogP contribution in [0.15, 0.2) is 51.6 Å². The van der Waals surface area contributed by atoms with Crippen LogP contribution in [0.2, 0.25) is 0 Å². The Balaban J connectivity index is 1.97. The van der Waals surface area contributed by atoms with Gasteiger partial charge in [0, 0.05) is 18.5 Å². The number of nitrogens with zero attached hydrogens (tertiary/aromatic N) is 2. The van der Waals surface area contributed by atoms with Gasteiger partial charge >= 0.3 is 5.69 Å². The van der Waals surface area contributed by atoms with E-state index in [0.717, 1.165) is 10.1 Å². The highest BCUT2D eigenvalue weighted by Gasteiger charge is 2.28. The second kappa shape index (κ2) is 6.68. The Hall–Kier alpha value is -3.29. The number of ether oxygens (including phenoxy) is 1. The van der Waals surface area contributed by atoms with Crippen LogP contribution in [0.25, 0.3) is 0 Å². The number of nitrogens with one attached hydrogen (secondary N) is 2. The molecule has 25 heavy (non-hydrogen) atoms. The van der Waals surface area contributed by atoms with Gasteiger partial charge in [0.2, 0.25) is 5.88 Å². The van der Waals surface area contributed by atoms with Crippen LogP contribution in [0, 0.1) is 0 Å². The number of para-hydroxylation sites is 1. The molecule has 1 aliphatic heterocycles. The van der Waals surface area contributed by atoms with Crippen molar-refractivity contribution in [2.24, 2.45) is 5.10 Å². The van der Waals surface area contributed by atoms with Crippen LogP contribution in [0.1, 0.15) is 23.6 Å². The van der Waals surface area contributed by atoms with Gasteiger partial charge in [0.15, 0.2) is 0 Å². The Morgan fingerprint density at radius 1 is 1.44 bits per heavy atom. The molecule has 0 saturated heterocycles. The molecular weight excluding hydrogens is 324 g/mol. The molecular formula is C17H18N4O4. The van der Waals surface area contributed by atoms with Crippen molar-refractivity contribution in [1.29, 1.82) is 0 Å². The van der Waals surface area contributed by atoms with E-state index in [1.807, 2.05) is 24.3 Å². The van der Waals surface area contributed by atoms with Crippen LogP contribution in [-0.2, 0) is 6.54 Å². The monoisotopic (exact) mass is 342 g/mol. The van der Waals surface area contributed by atoms with E-state index >= 15 is 0 Å². The Morgan fingerprint density at radius 3 is 2.92 bits per heavy atom. The molecule has 0 bridgehead atoms. The smallest absolute Gasteiger partial charge is 0.331 e. The molecule has 0 amide bonds. The number of hydrazone groups is 1. The van der Waals surface area contributed by atoms with Crippen LogP contribution in [0.3, 0.4) is 0 Å². The highest BCUT2D eigenvalue weighted by Crippen LogP contribution is 2.31. The van der Waals surface area contributed by atoms with Crippen LogP contribution in [-0.4, -0.2) is 27.5 Å². The second-order valence-corrected chi connectivity index (χ2v) is 5.54. The number of aromatic hydroxyl groups is 1. The molecule has 3 N–H and O–H groups in total. The Morgan fingerprint density at radius 2 is 2.20 bits per heavy atom. The lowest BCUT2D eigenvalue weighted by Crippen LogP contribution is -2.33. The zero-order valence-electron chi connectivity index (χ0n) is 13.7. The minimum atomic E-state index is -0.695. The van der Waals surface area contributed by atoms with Crippen molar-refractivity contribution in [1.82, 2.24) is 15.0 Å². The summed E-state index contributed by atoms with van der Waals surface area (Å²) < 4.78 is 6.38. The topological polar surface area (TPSA) is 109 Å². The van der Waals surface area contributed by atoms with Gasteiger partial charge in [-0.15, -0.1) is 6.58 Å². The lowest BCUT2D eigenvalue weighted by atomic mass is 9.99. The normalized spacial score (nSPS) is 16.2. The SMILES string of the molecule is C=CCn1c(O)c(C2=NN[C@H](c3ccccc3OC)C2)c(=O)[nH]c1=O. The fourth-order valence-electron chi connectivity index (χ4n) is 2.85. The molecule has 0 spiro atoms. The summed E-state index contributed by atoms with van der Waals surface area (Å²) in [6.45, 7) is 3.61. The summed E-state index contributed by atoms with van der Waals surface area (Å²) in [6, 6.07) is 7.28. The van der Waals surface area contributed by atoms with Gasteiger partial charge < -0.3 is 15.3 Å². The van der Waals surface area contributed by atoms with E-state index in [1.54, 1.807) is 7.11 Å². The van der Waals surface area contributed by atoms with E-state index in [1.165, 1.54) is 6.08 Å². The summed E-state index contributed by atoms with van der Waals surface area (Å²) >= 11 is 0. The van der Waals surface area contributed by atoms with Crippen molar-refractivity contribution in [3.63, 3.8) is 0 Å². The van der Waals surface area contributed by atoms with Gasteiger partial charge in [-0.05, 0) is 6.07 Å². The maximum atomic E-state index is 12.2. The number of hydrogen-bond acceptors (Lipinski definition) is 6. The molecule has 1 aromatic carbocycles. The number of methoxy groups -OCH3 is 1. The summed E-state index contributed by atoms with van der Waals surface area (Å²) in [4.78, 5) is 26.2. The molecule has 8 heteroatoms. The molecule has 2 heterocycles. The minimum Gasteiger partial charge on any atom is -0.496 e. The van der Waals surface area contributed by atoms with Crippen LogP contribution in [0.5, 0.6) is 11.6 Å². The van der Waals surface area contributed by atoms with E-state index in [9.17, 15) is 14.7 Å². The lowest BCUT2D eigenvalue weighted by molar-refractivity contribution is 0.402. The first-order valence-corrected chi connectivity index (χ1v) is 7.69. The maximum absolute atomic E-state index is 12.2. The third kappa shape index (κ3) is 2.93. The van der Waals surface area contributed by atoms with Crippen molar-refractivity contribution >= 4 is 5.71 Å². The van der Waals surface area contributed by atoms with Crippen molar-refractivity contribution in [2.75, 3.05) is 7.11 Å². The third-order valence-corrected chi connectivity index (χ3v) is 4.04. The van der Waals surface area contributed by atoms with Crippen LogP contribution < -0.4 is 21.4 Å². The van der Waals surface area contributed by atoms with Gasteiger partial charge in [0.25, 0.3) is 5.56 Å². The average molecular weight is 342 g/mol. The number of rotatable bonds is 5. The predicted molar refractivity (Wildman–Crippen MR) is 93.2 cm³/mol. The Bertz CT molecular complexity index is 958. The number of H-pyrrole nitrogens is 1. The van der Waals surface area contributed by atoms with Crippen molar-refractivity contribution in [3.05, 3.63) is 68.9 Å². The summed E-state index contributed by atoms with van der Waals surface area (Å²) in [7, 11) is 1.58. The maximum Gasteiger partial charge on any atom is 0.331 e. The van der Waals surface area contributed by atoms with Gasteiger partial charge in [-0.25, -0.2) is 4.79 Å². The van der Waals surface area contributed by atoms with Gasteiger partial charge in [0.1, 0.15) is 11.3 Å². The number of aromatic amines is 1. The quantitative estimate of drug-likeness (QED) is 0.699. The Kier molecular flexibility index (Phi) is 4.42. The largest absolute Gasteiger partial charge is 0.496 e. The van der Waals surface area contributed by atoms with Crippen molar-refractivity contribution in [2.45, 2.75) is 19.0 Å². The van der Waals surface area contributed by atoms with E-state index in [-0.39, 0.29) is 18.2 Å². The van der Waals surface area contributed by atoms with Gasteiger partial charge in [-0.1, -0.05) is 24.3 Å². The number of benzene rings is 1. The molecule has 3 rings (SSSR count). The van der Waals surface area contributed by atoms with Gasteiger partial charge in [-0.2, -0.15) is 5.10 Å². The van der Waals surface area contributed by atoms with E-state index < -0.39 is 17.1 Å². The predicted octanol–water partition coefficient (Wildman–Crippen LogP) is 0.875. The highest BCUT2D eigenvalue weighted by atomic mass is 16.5. The van der Waals surface area contributed by atoms with Crippen LogP contribution in [0.4, 0.5) is 0 Å². The van der Waals surface area contributed by atoms with E-state index in [4.69, 9.17) is 4.74 Å². The van der Waals surface area contributed by atoms with E-state index in [2.05, 4.69) is 22.1 Å². The molecule has 1 aliphatic rings. The average Bonchev–Trinajstić information content (AvgIpc) is 3.07. The highest BCUT2D eigenvalue weighted by molar-refractivity contribution is 6.03. The number of allylic oxidation sites excluding steroid dienone is 1. The minimum absolute atomic E-state index is 0.0219. The first kappa shape index (κ1) is 16.6. The van der Waals surface area contributed by atoms with Crippen molar-refractivity contribution < 1.29 is 9.84 Å². The van der Waals surface area contributed by atoms with E-state index in [0.29, 0.717) is 17.9 Å². The van der Waals surface area contributed by atoms with Crippen LogP contribution >= 0.6 is 0 Å². The number of hydrogen-bond donors (Lipinski definition) is 3. The molecule has 2 aromatic rings. The third-order valence-electron chi connectivity index (χ3n) is 4.04. The summed E-state index contributed by atoms with van der Waals surface area (Å²) in [5.74, 6) is 0.279. The first-order valence-electron chi connectivity index (χ1n) is 7.69. The fraction of sp³-hybridized carbons (Fsp3) is 0.235. The molecule has 1 aromatic heterocycles. The zero-order chi connectivity index (χ0) is 18.0. The summed E-state index contributed by atoms with van der Waals surface area (Å²) in [5.41, 5.74) is 2.82. The molecule has 130 valence electrons. The molecule has 0 radical (unpaired) electrons. The first-order chi connectivity index (χ1) is 12.1. The fourth-order valence-corrected chi connectivity index (χ4v) is 2.85. The molecule has 8 nitrogen and oxygen atoms in total. The molecule has 0 saturated carbocycles. The second-order valence-electron chi connectivity index (χ2n) is 5.54. The molecule has 0 aliphatic carbocycles. The Labute approximate surface area is 143 Å².